The summed E-state index contributed by atoms with van der Waals surface area (Å²) in [5.41, 5.74) is 5.90. The lowest BCUT2D eigenvalue weighted by atomic mass is 10.0. The van der Waals surface area contributed by atoms with Crippen LogP contribution in [0, 0.1) is 20.8 Å². The Kier molecular flexibility index (Phi) is 5.08. The van der Waals surface area contributed by atoms with Crippen LogP contribution in [0.2, 0.25) is 0 Å². The van der Waals surface area contributed by atoms with Crippen LogP contribution in [0.15, 0.2) is 54.6 Å². The Labute approximate surface area is 169 Å². The molecule has 0 aliphatic carbocycles. The van der Waals surface area contributed by atoms with Gasteiger partial charge in [0.2, 0.25) is 0 Å². The Morgan fingerprint density at radius 1 is 0.931 bits per heavy atom. The van der Waals surface area contributed by atoms with Gasteiger partial charge in [0.05, 0.1) is 0 Å². The Hall–Kier alpha value is -3.54. The monoisotopic (exact) mass is 385 g/mol. The Morgan fingerprint density at radius 2 is 1.62 bits per heavy atom. The summed E-state index contributed by atoms with van der Waals surface area (Å²) in [4.78, 5) is 21.4. The molecular formula is C23H23N5O. The van der Waals surface area contributed by atoms with Crippen molar-refractivity contribution in [1.82, 2.24) is 24.9 Å². The average molecular weight is 385 g/mol. The van der Waals surface area contributed by atoms with Gasteiger partial charge in [-0.1, -0.05) is 42.5 Å². The summed E-state index contributed by atoms with van der Waals surface area (Å²) in [5.74, 6) is 1.23. The number of carbonyl (C=O) groups excluding carboxylic acids is 1. The van der Waals surface area contributed by atoms with Crippen LogP contribution in [-0.2, 0) is 6.42 Å². The van der Waals surface area contributed by atoms with E-state index in [4.69, 9.17) is 0 Å². The maximum absolute atomic E-state index is 12.5. The molecule has 6 nitrogen and oxygen atoms in total. The molecule has 1 amide bonds. The third-order valence-corrected chi connectivity index (χ3v) is 5.07. The van der Waals surface area contributed by atoms with Gasteiger partial charge in [-0.25, -0.2) is 9.50 Å². The van der Waals surface area contributed by atoms with Crippen molar-refractivity contribution in [3.8, 4) is 11.1 Å². The van der Waals surface area contributed by atoms with E-state index in [1.165, 1.54) is 0 Å². The van der Waals surface area contributed by atoms with Gasteiger partial charge in [-0.2, -0.15) is 10.1 Å². The van der Waals surface area contributed by atoms with Gasteiger partial charge in [-0.3, -0.25) is 4.79 Å². The average Bonchev–Trinajstić information content (AvgIpc) is 3.11. The van der Waals surface area contributed by atoms with E-state index in [9.17, 15) is 4.79 Å². The van der Waals surface area contributed by atoms with Crippen LogP contribution in [0.5, 0.6) is 0 Å². The topological polar surface area (TPSA) is 72.2 Å². The molecule has 0 unspecified atom stereocenters. The molecule has 0 aliphatic rings. The molecular weight excluding hydrogens is 362 g/mol. The van der Waals surface area contributed by atoms with Crippen molar-refractivity contribution in [2.45, 2.75) is 27.2 Å². The minimum atomic E-state index is -0.0782. The van der Waals surface area contributed by atoms with E-state index < -0.39 is 0 Å². The first-order valence-electron chi connectivity index (χ1n) is 9.66. The summed E-state index contributed by atoms with van der Waals surface area (Å²) in [5, 5.41) is 7.40. The Bertz CT molecular complexity index is 1160. The standard InChI is InChI=1S/C23H23N5O/c1-15-21(16(2)28-23(25-15)26-17(3)27-28)13-14-24-22(29)20-11-9-19(10-12-20)18-7-5-4-6-8-18/h4-12H,13-14H2,1-3H3,(H,24,29). The zero-order chi connectivity index (χ0) is 20.4. The second kappa shape index (κ2) is 7.83. The number of amides is 1. The van der Waals surface area contributed by atoms with Gasteiger partial charge >= 0.3 is 0 Å². The van der Waals surface area contributed by atoms with Gasteiger partial charge in [0.1, 0.15) is 5.82 Å². The van der Waals surface area contributed by atoms with Crippen molar-refractivity contribution in [3.05, 3.63) is 82.9 Å². The van der Waals surface area contributed by atoms with Crippen LogP contribution in [0.3, 0.4) is 0 Å². The maximum atomic E-state index is 12.5. The lowest BCUT2D eigenvalue weighted by Crippen LogP contribution is -2.26. The highest BCUT2D eigenvalue weighted by molar-refractivity contribution is 5.94. The molecule has 0 aliphatic heterocycles. The van der Waals surface area contributed by atoms with Crippen LogP contribution < -0.4 is 5.32 Å². The first kappa shape index (κ1) is 18.8. The van der Waals surface area contributed by atoms with Gasteiger partial charge in [0.25, 0.3) is 11.7 Å². The molecule has 0 atom stereocenters. The molecule has 29 heavy (non-hydrogen) atoms. The zero-order valence-corrected chi connectivity index (χ0v) is 16.8. The largest absolute Gasteiger partial charge is 0.352 e. The molecule has 0 fully saturated rings. The Morgan fingerprint density at radius 3 is 2.34 bits per heavy atom. The van der Waals surface area contributed by atoms with E-state index in [1.54, 1.807) is 4.52 Å². The smallest absolute Gasteiger partial charge is 0.252 e. The normalized spacial score (nSPS) is 11.0. The van der Waals surface area contributed by atoms with E-state index in [-0.39, 0.29) is 5.91 Å². The fraction of sp³-hybridized carbons (Fsp3) is 0.217. The molecule has 2 aromatic heterocycles. The van der Waals surface area contributed by atoms with E-state index in [0.29, 0.717) is 30.1 Å². The first-order valence-corrected chi connectivity index (χ1v) is 9.66. The number of hydrogen-bond acceptors (Lipinski definition) is 4. The molecule has 0 spiro atoms. The predicted molar refractivity (Wildman–Crippen MR) is 113 cm³/mol. The van der Waals surface area contributed by atoms with Crippen molar-refractivity contribution >= 4 is 11.7 Å². The number of benzene rings is 2. The van der Waals surface area contributed by atoms with Gasteiger partial charge in [0.15, 0.2) is 0 Å². The molecule has 0 saturated carbocycles. The van der Waals surface area contributed by atoms with Crippen molar-refractivity contribution in [2.75, 3.05) is 6.54 Å². The zero-order valence-electron chi connectivity index (χ0n) is 16.8. The number of rotatable bonds is 5. The van der Waals surface area contributed by atoms with Crippen LogP contribution in [0.1, 0.15) is 33.1 Å². The fourth-order valence-corrected chi connectivity index (χ4v) is 3.52. The summed E-state index contributed by atoms with van der Waals surface area (Å²) >= 11 is 0. The molecule has 1 N–H and O–H groups in total. The minimum absolute atomic E-state index is 0.0782. The van der Waals surface area contributed by atoms with Crippen LogP contribution in [0.25, 0.3) is 16.9 Å². The third-order valence-electron chi connectivity index (χ3n) is 5.07. The van der Waals surface area contributed by atoms with E-state index in [1.807, 2.05) is 63.2 Å². The van der Waals surface area contributed by atoms with Gasteiger partial charge in [-0.15, -0.1) is 0 Å². The molecule has 4 rings (SSSR count). The van der Waals surface area contributed by atoms with E-state index >= 15 is 0 Å². The number of nitrogens with zero attached hydrogens (tertiary/aromatic N) is 4. The molecule has 0 radical (unpaired) electrons. The van der Waals surface area contributed by atoms with Gasteiger partial charge in [-0.05, 0) is 56.0 Å². The Balaban J connectivity index is 1.42. The minimum Gasteiger partial charge on any atom is -0.352 e. The molecule has 0 saturated heterocycles. The summed E-state index contributed by atoms with van der Waals surface area (Å²) in [6.45, 7) is 6.36. The number of fused-ring (bicyclic) bond motifs is 1. The molecule has 6 heteroatoms. The molecule has 2 aromatic carbocycles. The highest BCUT2D eigenvalue weighted by Gasteiger charge is 2.13. The fourth-order valence-electron chi connectivity index (χ4n) is 3.52. The summed E-state index contributed by atoms with van der Waals surface area (Å²) in [6.07, 6.45) is 0.688. The van der Waals surface area contributed by atoms with Crippen LogP contribution in [0.4, 0.5) is 0 Å². The highest BCUT2D eigenvalue weighted by atomic mass is 16.1. The summed E-state index contributed by atoms with van der Waals surface area (Å²) in [7, 11) is 0. The van der Waals surface area contributed by atoms with Crippen LogP contribution >= 0.6 is 0 Å². The van der Waals surface area contributed by atoms with Gasteiger partial charge < -0.3 is 5.32 Å². The van der Waals surface area contributed by atoms with E-state index in [0.717, 1.165) is 28.1 Å². The highest BCUT2D eigenvalue weighted by Crippen LogP contribution is 2.19. The van der Waals surface area contributed by atoms with Crippen molar-refractivity contribution in [2.24, 2.45) is 0 Å². The lowest BCUT2D eigenvalue weighted by molar-refractivity contribution is 0.0954. The van der Waals surface area contributed by atoms with Crippen molar-refractivity contribution < 1.29 is 4.79 Å². The number of carbonyl (C=O) groups is 1. The van der Waals surface area contributed by atoms with Crippen molar-refractivity contribution in [3.63, 3.8) is 0 Å². The SMILES string of the molecule is Cc1nc2nc(C)c(CCNC(=O)c3ccc(-c4ccccc4)cc3)c(C)n2n1. The summed E-state index contributed by atoms with van der Waals surface area (Å²) < 4.78 is 1.77. The number of aryl methyl sites for hydroxylation is 3. The van der Waals surface area contributed by atoms with E-state index in [2.05, 4.69) is 32.5 Å². The van der Waals surface area contributed by atoms with Crippen molar-refractivity contribution in [1.29, 1.82) is 0 Å². The maximum Gasteiger partial charge on any atom is 0.252 e. The lowest BCUT2D eigenvalue weighted by Gasteiger charge is -2.11. The molecule has 4 aromatic rings. The second-order valence-electron chi connectivity index (χ2n) is 7.08. The number of nitrogens with one attached hydrogen (secondary N) is 1. The third kappa shape index (κ3) is 3.87. The summed E-state index contributed by atoms with van der Waals surface area (Å²) in [6, 6.07) is 17.8. The van der Waals surface area contributed by atoms with Gasteiger partial charge in [0, 0.05) is 23.5 Å². The molecule has 0 bridgehead atoms. The number of hydrogen-bond donors (Lipinski definition) is 1. The molecule has 2 heterocycles. The molecule has 146 valence electrons. The quantitative estimate of drug-likeness (QED) is 0.569. The van der Waals surface area contributed by atoms with Crippen LogP contribution in [-0.4, -0.2) is 32.0 Å². The number of aromatic nitrogens is 4. The first-order chi connectivity index (χ1) is 14.0. The second-order valence-corrected chi connectivity index (χ2v) is 7.08. The predicted octanol–water partition coefficient (Wildman–Crippen LogP) is 3.69.